The highest BCUT2D eigenvalue weighted by Gasteiger charge is 2.18. The minimum atomic E-state index is -1.50. The molecule has 1 aromatic carbocycles. The van der Waals surface area contributed by atoms with Crippen molar-refractivity contribution in [2.24, 2.45) is 0 Å². The summed E-state index contributed by atoms with van der Waals surface area (Å²) in [4.78, 5) is 10.6. The standard InChI is InChI=1S/C9H6FNO3/c10-8-5(3-11)1-2-6(4-12)7(8)9(13)14/h1-2,12H,4H2,(H,13,14). The number of halogens is 1. The Labute approximate surface area is 78.8 Å². The first kappa shape index (κ1) is 10.2. The Kier molecular flexibility index (Phi) is 2.79. The molecule has 4 nitrogen and oxygen atoms in total. The zero-order chi connectivity index (χ0) is 10.7. The second kappa shape index (κ2) is 3.85. The van der Waals surface area contributed by atoms with Gasteiger partial charge in [-0.25, -0.2) is 9.18 Å². The van der Waals surface area contributed by atoms with E-state index in [1.807, 2.05) is 0 Å². The Morgan fingerprint density at radius 2 is 2.21 bits per heavy atom. The number of aliphatic hydroxyl groups is 1. The number of aliphatic hydroxyl groups excluding tert-OH is 1. The molecule has 0 radical (unpaired) electrons. The van der Waals surface area contributed by atoms with Gasteiger partial charge in [0.1, 0.15) is 11.6 Å². The number of rotatable bonds is 2. The third kappa shape index (κ3) is 1.56. The van der Waals surface area contributed by atoms with E-state index < -0.39 is 24.0 Å². The van der Waals surface area contributed by atoms with Crippen LogP contribution in [0.1, 0.15) is 21.5 Å². The fourth-order valence-electron chi connectivity index (χ4n) is 1.07. The van der Waals surface area contributed by atoms with Crippen molar-refractivity contribution in [2.75, 3.05) is 0 Å². The maximum atomic E-state index is 13.3. The number of hydrogen-bond acceptors (Lipinski definition) is 3. The van der Waals surface area contributed by atoms with Crippen molar-refractivity contribution in [3.63, 3.8) is 0 Å². The van der Waals surface area contributed by atoms with Crippen LogP contribution in [0.25, 0.3) is 0 Å². The van der Waals surface area contributed by atoms with Crippen molar-refractivity contribution in [1.82, 2.24) is 0 Å². The topological polar surface area (TPSA) is 81.3 Å². The molecule has 0 saturated heterocycles. The summed E-state index contributed by atoms with van der Waals surface area (Å²) in [7, 11) is 0. The molecule has 0 saturated carbocycles. The van der Waals surface area contributed by atoms with Gasteiger partial charge in [0.05, 0.1) is 12.2 Å². The smallest absolute Gasteiger partial charge is 0.339 e. The molecule has 0 unspecified atom stereocenters. The van der Waals surface area contributed by atoms with E-state index in [4.69, 9.17) is 15.5 Å². The predicted molar refractivity (Wildman–Crippen MR) is 44.0 cm³/mol. The van der Waals surface area contributed by atoms with Gasteiger partial charge in [-0.15, -0.1) is 0 Å². The molecule has 0 aliphatic carbocycles. The molecule has 0 bridgehead atoms. The van der Waals surface area contributed by atoms with E-state index in [1.54, 1.807) is 0 Å². The molecule has 0 aliphatic heterocycles. The molecule has 0 aromatic heterocycles. The summed E-state index contributed by atoms with van der Waals surface area (Å²) in [6.45, 7) is -0.579. The third-order valence-corrected chi connectivity index (χ3v) is 1.73. The number of carboxylic acids is 1. The zero-order valence-corrected chi connectivity index (χ0v) is 6.99. The molecular weight excluding hydrogens is 189 g/mol. The van der Waals surface area contributed by atoms with Crippen LogP contribution in [0.5, 0.6) is 0 Å². The predicted octanol–water partition coefficient (Wildman–Crippen LogP) is 0.888. The molecule has 1 aromatic rings. The van der Waals surface area contributed by atoms with Gasteiger partial charge >= 0.3 is 5.97 Å². The number of nitriles is 1. The maximum absolute atomic E-state index is 13.3. The lowest BCUT2D eigenvalue weighted by Gasteiger charge is -2.04. The second-order valence-electron chi connectivity index (χ2n) is 2.54. The van der Waals surface area contributed by atoms with Crippen molar-refractivity contribution in [1.29, 1.82) is 5.26 Å². The Morgan fingerprint density at radius 3 is 2.64 bits per heavy atom. The third-order valence-electron chi connectivity index (χ3n) is 1.73. The minimum Gasteiger partial charge on any atom is -0.478 e. The van der Waals surface area contributed by atoms with Crippen LogP contribution in [0.4, 0.5) is 4.39 Å². The van der Waals surface area contributed by atoms with Crippen LogP contribution >= 0.6 is 0 Å². The van der Waals surface area contributed by atoms with E-state index in [1.165, 1.54) is 12.1 Å². The molecule has 0 amide bonds. The van der Waals surface area contributed by atoms with E-state index in [0.717, 1.165) is 6.07 Å². The highest BCUT2D eigenvalue weighted by atomic mass is 19.1. The van der Waals surface area contributed by atoms with Crippen molar-refractivity contribution >= 4 is 5.97 Å². The number of nitrogens with zero attached hydrogens (tertiary/aromatic N) is 1. The molecule has 0 fully saturated rings. The quantitative estimate of drug-likeness (QED) is 0.734. The number of benzene rings is 1. The molecule has 0 aliphatic rings. The Bertz CT molecular complexity index is 423. The van der Waals surface area contributed by atoms with Gasteiger partial charge in [0.2, 0.25) is 0 Å². The lowest BCUT2D eigenvalue weighted by Crippen LogP contribution is -2.07. The van der Waals surface area contributed by atoms with E-state index >= 15 is 0 Å². The van der Waals surface area contributed by atoms with Gasteiger partial charge in [0.15, 0.2) is 5.82 Å². The van der Waals surface area contributed by atoms with Gasteiger partial charge in [-0.1, -0.05) is 6.07 Å². The van der Waals surface area contributed by atoms with Crippen LogP contribution in [0, 0.1) is 17.1 Å². The van der Waals surface area contributed by atoms with E-state index in [9.17, 15) is 9.18 Å². The van der Waals surface area contributed by atoms with E-state index in [-0.39, 0.29) is 11.1 Å². The Balaban J connectivity index is 3.49. The number of aromatic carboxylic acids is 1. The SMILES string of the molecule is N#Cc1ccc(CO)c(C(=O)O)c1F. The largest absolute Gasteiger partial charge is 0.478 e. The first-order valence-corrected chi connectivity index (χ1v) is 3.67. The lowest BCUT2D eigenvalue weighted by molar-refractivity contribution is 0.0688. The van der Waals surface area contributed by atoms with Crippen LogP contribution in [0.2, 0.25) is 0 Å². The minimum absolute atomic E-state index is 0.0472. The van der Waals surface area contributed by atoms with Gasteiger partial charge in [0, 0.05) is 0 Å². The fraction of sp³-hybridized carbons (Fsp3) is 0.111. The average Bonchev–Trinajstić information content (AvgIpc) is 2.16. The summed E-state index contributed by atoms with van der Waals surface area (Å²) >= 11 is 0. The number of carbonyl (C=O) groups is 1. The van der Waals surface area contributed by atoms with Crippen molar-refractivity contribution < 1.29 is 19.4 Å². The Hall–Kier alpha value is -1.93. The van der Waals surface area contributed by atoms with Gasteiger partial charge in [-0.3, -0.25) is 0 Å². The van der Waals surface area contributed by atoms with Crippen molar-refractivity contribution in [2.45, 2.75) is 6.61 Å². The highest BCUT2D eigenvalue weighted by molar-refractivity contribution is 5.90. The molecular formula is C9H6FNO3. The van der Waals surface area contributed by atoms with Crippen molar-refractivity contribution in [3.05, 3.63) is 34.6 Å². The van der Waals surface area contributed by atoms with Crippen LogP contribution < -0.4 is 0 Å². The van der Waals surface area contributed by atoms with E-state index in [0.29, 0.717) is 0 Å². The number of carboxylic acid groups (broad SMARTS) is 1. The second-order valence-corrected chi connectivity index (χ2v) is 2.54. The zero-order valence-electron chi connectivity index (χ0n) is 6.99. The summed E-state index contributed by atoms with van der Waals surface area (Å²) < 4.78 is 13.3. The normalized spacial score (nSPS) is 9.50. The maximum Gasteiger partial charge on any atom is 0.339 e. The van der Waals surface area contributed by atoms with Crippen molar-refractivity contribution in [3.8, 4) is 6.07 Å². The highest BCUT2D eigenvalue weighted by Crippen LogP contribution is 2.17. The van der Waals surface area contributed by atoms with E-state index in [2.05, 4.69) is 0 Å². The molecule has 1 rings (SSSR count). The summed E-state index contributed by atoms with van der Waals surface area (Å²) in [6, 6.07) is 3.87. The molecule has 72 valence electrons. The molecule has 0 spiro atoms. The fourth-order valence-corrected chi connectivity index (χ4v) is 1.07. The summed E-state index contributed by atoms with van der Waals surface area (Å²) in [5.41, 5.74) is -1.04. The molecule has 0 heterocycles. The lowest BCUT2D eigenvalue weighted by atomic mass is 10.0. The molecule has 5 heteroatoms. The molecule has 2 N–H and O–H groups in total. The molecule has 0 atom stereocenters. The van der Waals surface area contributed by atoms with Crippen LogP contribution in [-0.2, 0) is 6.61 Å². The monoisotopic (exact) mass is 195 g/mol. The number of hydrogen-bond donors (Lipinski definition) is 2. The Morgan fingerprint density at radius 1 is 1.57 bits per heavy atom. The summed E-state index contributed by atoms with van der Waals surface area (Å²) in [5.74, 6) is -2.60. The molecule has 14 heavy (non-hydrogen) atoms. The summed E-state index contributed by atoms with van der Waals surface area (Å²) in [6.07, 6.45) is 0. The van der Waals surface area contributed by atoms with Crippen LogP contribution in [0.3, 0.4) is 0 Å². The average molecular weight is 195 g/mol. The van der Waals surface area contributed by atoms with Gasteiger partial charge in [0.25, 0.3) is 0 Å². The van der Waals surface area contributed by atoms with Crippen LogP contribution in [-0.4, -0.2) is 16.2 Å². The van der Waals surface area contributed by atoms with Gasteiger partial charge in [-0.2, -0.15) is 5.26 Å². The van der Waals surface area contributed by atoms with Gasteiger partial charge in [-0.05, 0) is 11.6 Å². The first-order chi connectivity index (χ1) is 6.61. The van der Waals surface area contributed by atoms with Crippen LogP contribution in [0.15, 0.2) is 12.1 Å². The first-order valence-electron chi connectivity index (χ1n) is 3.67. The summed E-state index contributed by atoms with van der Waals surface area (Å²) in [5, 5.41) is 25.8. The van der Waals surface area contributed by atoms with Gasteiger partial charge < -0.3 is 10.2 Å².